The molecule has 0 aliphatic rings. The molecular weight excluding hydrogens is 312 g/mol. The number of aryl methyl sites for hydroxylation is 2. The first-order valence-corrected chi connectivity index (χ1v) is 6.66. The molecule has 2 rings (SSSR count). The summed E-state index contributed by atoms with van der Waals surface area (Å²) < 4.78 is 28.3. The van der Waals surface area contributed by atoms with Crippen LogP contribution in [-0.4, -0.2) is 0 Å². The van der Waals surface area contributed by atoms with E-state index in [1.807, 2.05) is 25.1 Å². The van der Waals surface area contributed by atoms with Gasteiger partial charge in [0.1, 0.15) is 11.6 Å². The van der Waals surface area contributed by atoms with Gasteiger partial charge in [-0.1, -0.05) is 33.6 Å². The molecule has 1 unspecified atom stereocenters. The third-order valence-corrected chi connectivity index (χ3v) is 3.82. The Morgan fingerprint density at radius 1 is 1.00 bits per heavy atom. The van der Waals surface area contributed by atoms with Gasteiger partial charge in [-0.3, -0.25) is 0 Å². The first-order valence-electron chi connectivity index (χ1n) is 5.87. The van der Waals surface area contributed by atoms with Crippen molar-refractivity contribution in [2.75, 3.05) is 0 Å². The Kier molecular flexibility index (Phi) is 4.02. The van der Waals surface area contributed by atoms with Gasteiger partial charge in [-0.2, -0.15) is 0 Å². The van der Waals surface area contributed by atoms with E-state index in [4.69, 9.17) is 5.73 Å². The zero-order valence-electron chi connectivity index (χ0n) is 10.7. The summed E-state index contributed by atoms with van der Waals surface area (Å²) >= 11 is 3.39. The normalized spacial score (nSPS) is 12.5. The van der Waals surface area contributed by atoms with E-state index in [1.165, 1.54) is 19.1 Å². The van der Waals surface area contributed by atoms with E-state index in [0.29, 0.717) is 0 Å². The highest BCUT2D eigenvalue weighted by molar-refractivity contribution is 9.10. The van der Waals surface area contributed by atoms with Crippen LogP contribution in [0.1, 0.15) is 28.3 Å². The molecule has 0 radical (unpaired) electrons. The molecular formula is C15H14BrF2N. The van der Waals surface area contributed by atoms with Crippen molar-refractivity contribution in [3.63, 3.8) is 0 Å². The van der Waals surface area contributed by atoms with Crippen molar-refractivity contribution >= 4 is 15.9 Å². The van der Waals surface area contributed by atoms with Crippen LogP contribution in [0.3, 0.4) is 0 Å². The van der Waals surface area contributed by atoms with Gasteiger partial charge in [-0.25, -0.2) is 8.78 Å². The highest BCUT2D eigenvalue weighted by atomic mass is 79.9. The number of nitrogens with two attached hydrogens (primary N) is 1. The van der Waals surface area contributed by atoms with Crippen LogP contribution in [0.5, 0.6) is 0 Å². The molecule has 0 bridgehead atoms. The molecule has 0 aliphatic carbocycles. The maximum Gasteiger partial charge on any atom is 0.128 e. The van der Waals surface area contributed by atoms with Crippen LogP contribution >= 0.6 is 15.9 Å². The summed E-state index contributed by atoms with van der Waals surface area (Å²) in [4.78, 5) is 0. The summed E-state index contributed by atoms with van der Waals surface area (Å²) in [5, 5.41) is 0. The molecule has 0 aromatic heterocycles. The van der Waals surface area contributed by atoms with Gasteiger partial charge >= 0.3 is 0 Å². The predicted molar refractivity (Wildman–Crippen MR) is 76.0 cm³/mol. The number of rotatable bonds is 2. The molecule has 2 N–H and O–H groups in total. The Morgan fingerprint density at radius 3 is 2.37 bits per heavy atom. The molecule has 1 nitrogen and oxygen atoms in total. The van der Waals surface area contributed by atoms with E-state index >= 15 is 0 Å². The smallest absolute Gasteiger partial charge is 0.128 e. The summed E-state index contributed by atoms with van der Waals surface area (Å²) in [6.45, 7) is 3.45. The van der Waals surface area contributed by atoms with E-state index in [-0.39, 0.29) is 11.1 Å². The van der Waals surface area contributed by atoms with Gasteiger partial charge in [0.05, 0.1) is 6.04 Å². The van der Waals surface area contributed by atoms with Gasteiger partial charge in [0.25, 0.3) is 0 Å². The van der Waals surface area contributed by atoms with Crippen molar-refractivity contribution < 1.29 is 8.78 Å². The van der Waals surface area contributed by atoms with Crippen LogP contribution in [0.2, 0.25) is 0 Å². The second kappa shape index (κ2) is 5.39. The monoisotopic (exact) mass is 325 g/mol. The Hall–Kier alpha value is -1.26. The molecule has 0 aliphatic heterocycles. The second-order valence-corrected chi connectivity index (χ2v) is 5.48. The number of hydrogen-bond acceptors (Lipinski definition) is 1. The predicted octanol–water partition coefficient (Wildman–Crippen LogP) is 4.39. The molecule has 1 atom stereocenters. The van der Waals surface area contributed by atoms with Crippen molar-refractivity contribution in [2.45, 2.75) is 19.9 Å². The molecule has 0 saturated carbocycles. The molecule has 0 saturated heterocycles. The minimum atomic E-state index is -0.704. The molecule has 0 spiro atoms. The third-order valence-electron chi connectivity index (χ3n) is 3.10. The van der Waals surface area contributed by atoms with E-state index in [1.54, 1.807) is 0 Å². The van der Waals surface area contributed by atoms with Crippen LogP contribution in [-0.2, 0) is 0 Å². The molecule has 19 heavy (non-hydrogen) atoms. The van der Waals surface area contributed by atoms with Crippen LogP contribution in [0.15, 0.2) is 34.8 Å². The topological polar surface area (TPSA) is 26.0 Å². The Labute approximate surface area is 119 Å². The fraction of sp³-hybridized carbons (Fsp3) is 0.200. The number of halogens is 3. The number of hydrogen-bond donors (Lipinski definition) is 1. The molecule has 4 heteroatoms. The molecule has 100 valence electrons. The van der Waals surface area contributed by atoms with Gasteiger partial charge in [0.2, 0.25) is 0 Å². The number of benzene rings is 2. The van der Waals surface area contributed by atoms with E-state index in [9.17, 15) is 8.78 Å². The fourth-order valence-corrected chi connectivity index (χ4v) is 2.46. The van der Waals surface area contributed by atoms with Gasteiger partial charge in [-0.15, -0.1) is 0 Å². The molecule has 0 fully saturated rings. The third kappa shape index (κ3) is 2.85. The van der Waals surface area contributed by atoms with Gasteiger partial charge in [0.15, 0.2) is 0 Å². The molecule has 2 aromatic carbocycles. The highest BCUT2D eigenvalue weighted by Gasteiger charge is 2.18. The molecule has 2 aromatic rings. The standard InChI is InChI=1S/C15H14BrF2N/c1-8-3-4-12(16)10(5-8)15(19)11-7-13(17)9(2)6-14(11)18/h3-7,15H,19H2,1-2H3. The maximum atomic E-state index is 13.9. The van der Waals surface area contributed by atoms with E-state index < -0.39 is 17.7 Å². The lowest BCUT2D eigenvalue weighted by molar-refractivity contribution is 0.570. The largest absolute Gasteiger partial charge is 0.320 e. The summed E-state index contributed by atoms with van der Waals surface area (Å²) in [6, 6.07) is 7.29. The van der Waals surface area contributed by atoms with Crippen LogP contribution < -0.4 is 5.73 Å². The summed E-state index contributed by atoms with van der Waals surface area (Å²) in [5.41, 5.74) is 8.26. The zero-order valence-corrected chi connectivity index (χ0v) is 12.3. The molecule has 0 heterocycles. The average Bonchev–Trinajstić information content (AvgIpc) is 2.36. The lowest BCUT2D eigenvalue weighted by atomic mass is 9.96. The Bertz CT molecular complexity index is 626. The zero-order chi connectivity index (χ0) is 14.2. The van der Waals surface area contributed by atoms with Crippen LogP contribution in [0, 0.1) is 25.5 Å². The van der Waals surface area contributed by atoms with Crippen molar-refractivity contribution in [2.24, 2.45) is 5.73 Å². The van der Waals surface area contributed by atoms with E-state index in [0.717, 1.165) is 15.6 Å². The summed E-state index contributed by atoms with van der Waals surface area (Å²) in [7, 11) is 0. The van der Waals surface area contributed by atoms with Gasteiger partial charge in [-0.05, 0) is 43.2 Å². The van der Waals surface area contributed by atoms with Crippen molar-refractivity contribution in [3.8, 4) is 0 Å². The van der Waals surface area contributed by atoms with Crippen molar-refractivity contribution in [1.29, 1.82) is 0 Å². The first-order chi connectivity index (χ1) is 8.90. The first kappa shape index (κ1) is 14.2. The molecule has 0 amide bonds. The highest BCUT2D eigenvalue weighted by Crippen LogP contribution is 2.30. The quantitative estimate of drug-likeness (QED) is 0.870. The lowest BCUT2D eigenvalue weighted by Crippen LogP contribution is -2.15. The second-order valence-electron chi connectivity index (χ2n) is 4.63. The van der Waals surface area contributed by atoms with Crippen molar-refractivity contribution in [1.82, 2.24) is 0 Å². The SMILES string of the molecule is Cc1ccc(Br)c(C(N)c2cc(F)c(C)cc2F)c1. The average molecular weight is 326 g/mol. The maximum absolute atomic E-state index is 13.9. The van der Waals surface area contributed by atoms with E-state index in [2.05, 4.69) is 15.9 Å². The van der Waals surface area contributed by atoms with Gasteiger partial charge < -0.3 is 5.73 Å². The summed E-state index contributed by atoms with van der Waals surface area (Å²) in [5.74, 6) is -0.935. The Morgan fingerprint density at radius 2 is 1.68 bits per heavy atom. The fourth-order valence-electron chi connectivity index (χ4n) is 1.97. The van der Waals surface area contributed by atoms with Crippen molar-refractivity contribution in [3.05, 3.63) is 68.7 Å². The lowest BCUT2D eigenvalue weighted by Gasteiger charge is -2.16. The minimum absolute atomic E-state index is 0.161. The van der Waals surface area contributed by atoms with Crippen LogP contribution in [0.4, 0.5) is 8.78 Å². The summed E-state index contributed by atoms with van der Waals surface area (Å²) in [6.07, 6.45) is 0. The van der Waals surface area contributed by atoms with Gasteiger partial charge in [0, 0.05) is 10.0 Å². The van der Waals surface area contributed by atoms with Crippen LogP contribution in [0.25, 0.3) is 0 Å². The Balaban J connectivity index is 2.52. The minimum Gasteiger partial charge on any atom is -0.320 e.